The smallest absolute Gasteiger partial charge is 0.548 e. The van der Waals surface area contributed by atoms with Gasteiger partial charge in [-0.05, 0) is 38.5 Å². The number of nitrogens with zero attached hydrogens (tertiary/aromatic N) is 2. The number of fused-ring (bicyclic) bond motifs is 1. The SMILES string of the molecule is C/C(=C1\C(=O)N2[C@@H](C(=O)[O-])C(C)(C)S(=O)(=O)[C@H]12)c1ccccn1.[Na+]. The number of carbonyl (C=O) groups excluding carboxylic acids is 2. The molecule has 0 aromatic carbocycles. The fourth-order valence-electron chi connectivity index (χ4n) is 3.23. The number of rotatable bonds is 2. The van der Waals surface area contributed by atoms with Gasteiger partial charge in [-0.1, -0.05) is 6.07 Å². The number of carboxylic acid groups (broad SMARTS) is 1. The largest absolute Gasteiger partial charge is 1.00 e. The Bertz CT molecular complexity index is 848. The van der Waals surface area contributed by atoms with Crippen LogP contribution < -0.4 is 34.7 Å². The molecular formula is C15H15N2NaO5S. The topological polar surface area (TPSA) is 107 Å². The monoisotopic (exact) mass is 358 g/mol. The Morgan fingerprint density at radius 1 is 1.33 bits per heavy atom. The third-order valence-electron chi connectivity index (χ3n) is 4.60. The molecule has 2 aliphatic rings. The molecule has 3 heterocycles. The third kappa shape index (κ3) is 2.28. The molecule has 0 aliphatic carbocycles. The average molecular weight is 358 g/mol. The van der Waals surface area contributed by atoms with Crippen molar-refractivity contribution in [3.05, 3.63) is 35.7 Å². The minimum Gasteiger partial charge on any atom is -0.548 e. The molecule has 2 fully saturated rings. The van der Waals surface area contributed by atoms with Gasteiger partial charge in [0.15, 0.2) is 15.2 Å². The van der Waals surface area contributed by atoms with Gasteiger partial charge in [-0.2, -0.15) is 0 Å². The van der Waals surface area contributed by atoms with Crippen molar-refractivity contribution in [3.63, 3.8) is 0 Å². The normalized spacial score (nSPS) is 28.5. The van der Waals surface area contributed by atoms with Crippen molar-refractivity contribution in [1.29, 1.82) is 0 Å². The number of hydrogen-bond donors (Lipinski definition) is 0. The maximum absolute atomic E-state index is 12.7. The van der Waals surface area contributed by atoms with E-state index in [1.807, 2.05) is 0 Å². The second-order valence-electron chi connectivity index (χ2n) is 6.19. The summed E-state index contributed by atoms with van der Waals surface area (Å²) < 4.78 is 23.9. The predicted octanol–water partition coefficient (Wildman–Crippen LogP) is -3.65. The van der Waals surface area contributed by atoms with Crippen LogP contribution in [0.4, 0.5) is 0 Å². The summed E-state index contributed by atoms with van der Waals surface area (Å²) in [6.07, 6.45) is 1.54. The van der Waals surface area contributed by atoms with Crippen LogP contribution in [0.1, 0.15) is 26.5 Å². The van der Waals surface area contributed by atoms with E-state index in [4.69, 9.17) is 0 Å². The van der Waals surface area contributed by atoms with E-state index in [1.165, 1.54) is 20.0 Å². The van der Waals surface area contributed by atoms with Gasteiger partial charge in [-0.3, -0.25) is 9.78 Å². The fraction of sp³-hybridized carbons (Fsp3) is 0.400. The van der Waals surface area contributed by atoms with E-state index >= 15 is 0 Å². The zero-order valence-electron chi connectivity index (χ0n) is 13.8. The predicted molar refractivity (Wildman–Crippen MR) is 79.3 cm³/mol. The van der Waals surface area contributed by atoms with Crippen LogP contribution in [0.5, 0.6) is 0 Å². The van der Waals surface area contributed by atoms with Crippen LogP contribution in [0.25, 0.3) is 5.57 Å². The maximum atomic E-state index is 12.7. The third-order valence-corrected chi connectivity index (χ3v) is 7.35. The maximum Gasteiger partial charge on any atom is 1.00 e. The van der Waals surface area contributed by atoms with Gasteiger partial charge in [0.2, 0.25) is 0 Å². The molecule has 7 nitrogen and oxygen atoms in total. The molecule has 0 radical (unpaired) electrons. The molecule has 9 heteroatoms. The minimum absolute atomic E-state index is 0. The zero-order valence-corrected chi connectivity index (χ0v) is 16.6. The summed E-state index contributed by atoms with van der Waals surface area (Å²) in [7, 11) is -3.90. The van der Waals surface area contributed by atoms with Gasteiger partial charge in [0, 0.05) is 6.20 Å². The van der Waals surface area contributed by atoms with Gasteiger partial charge in [-0.25, -0.2) is 8.42 Å². The van der Waals surface area contributed by atoms with Crippen LogP contribution >= 0.6 is 0 Å². The fourth-order valence-corrected chi connectivity index (χ4v) is 5.43. The second-order valence-corrected chi connectivity index (χ2v) is 8.78. The molecule has 2 atom stereocenters. The summed E-state index contributed by atoms with van der Waals surface area (Å²) in [5, 5.41) is 10.1. The molecule has 0 N–H and O–H groups in total. The van der Waals surface area contributed by atoms with Crippen LogP contribution in [0.3, 0.4) is 0 Å². The van der Waals surface area contributed by atoms with E-state index in [1.54, 1.807) is 25.1 Å². The van der Waals surface area contributed by atoms with E-state index in [0.717, 1.165) is 4.90 Å². The minimum atomic E-state index is -3.90. The van der Waals surface area contributed by atoms with Gasteiger partial charge >= 0.3 is 29.6 Å². The number of hydrogen-bond acceptors (Lipinski definition) is 6. The molecule has 1 aromatic heterocycles. The van der Waals surface area contributed by atoms with E-state index in [2.05, 4.69) is 4.98 Å². The van der Waals surface area contributed by atoms with Crippen molar-refractivity contribution in [2.75, 3.05) is 0 Å². The van der Waals surface area contributed by atoms with Crippen molar-refractivity contribution in [2.45, 2.75) is 36.9 Å². The van der Waals surface area contributed by atoms with Gasteiger partial charge < -0.3 is 14.8 Å². The standard InChI is InChI=1S/C15H16N2O5S.Na/c1-8(9-6-4-5-7-16-9)10-12(18)17-11(14(19)20)15(2,3)23(21,22)13(10)17;/h4-7,11,13H,1-3H3,(H,19,20);/q;+1/p-1/b10-8-;/t11-,13+;/m0./s1. The van der Waals surface area contributed by atoms with Crippen molar-refractivity contribution in [1.82, 2.24) is 9.88 Å². The van der Waals surface area contributed by atoms with Gasteiger partial charge in [-0.15, -0.1) is 0 Å². The molecule has 3 rings (SSSR count). The van der Waals surface area contributed by atoms with E-state index < -0.39 is 37.9 Å². The Hall–Kier alpha value is -1.22. The summed E-state index contributed by atoms with van der Waals surface area (Å²) in [5.74, 6) is -2.16. The number of allylic oxidation sites excluding steroid dienone is 1. The number of pyridine rings is 1. The van der Waals surface area contributed by atoms with E-state index in [0.29, 0.717) is 11.3 Å². The summed E-state index contributed by atoms with van der Waals surface area (Å²) in [6, 6.07) is 3.61. The number of carboxylic acids is 1. The van der Waals surface area contributed by atoms with Crippen LogP contribution in [0.2, 0.25) is 0 Å². The Kier molecular flexibility index (Phi) is 4.73. The summed E-state index contributed by atoms with van der Waals surface area (Å²) in [6.45, 7) is 4.23. The molecule has 0 bridgehead atoms. The van der Waals surface area contributed by atoms with Crippen molar-refractivity contribution >= 4 is 27.3 Å². The van der Waals surface area contributed by atoms with Crippen LogP contribution in [0.15, 0.2) is 30.0 Å². The average Bonchev–Trinajstić information content (AvgIpc) is 2.62. The van der Waals surface area contributed by atoms with E-state index in [-0.39, 0.29) is 35.1 Å². The molecule has 122 valence electrons. The first-order chi connectivity index (χ1) is 10.6. The van der Waals surface area contributed by atoms with Crippen molar-refractivity contribution < 1.29 is 52.7 Å². The number of amides is 1. The van der Waals surface area contributed by atoms with Crippen LogP contribution in [-0.4, -0.2) is 46.3 Å². The van der Waals surface area contributed by atoms with Crippen LogP contribution in [0, 0.1) is 0 Å². The Labute approximate surface area is 162 Å². The summed E-state index contributed by atoms with van der Waals surface area (Å²) in [5.41, 5.74) is 1.01. The molecule has 0 spiro atoms. The first-order valence-corrected chi connectivity index (χ1v) is 8.56. The van der Waals surface area contributed by atoms with Crippen molar-refractivity contribution in [2.24, 2.45) is 0 Å². The number of aromatic nitrogens is 1. The second kappa shape index (κ2) is 5.94. The summed E-state index contributed by atoms with van der Waals surface area (Å²) in [4.78, 5) is 28.8. The van der Waals surface area contributed by atoms with Crippen LogP contribution in [-0.2, 0) is 19.4 Å². The molecule has 1 amide bonds. The number of β-lactam (4-membered cyclic amide) rings is 1. The first-order valence-electron chi connectivity index (χ1n) is 7.01. The number of carbonyl (C=O) groups is 2. The summed E-state index contributed by atoms with van der Waals surface area (Å²) >= 11 is 0. The quantitative estimate of drug-likeness (QED) is 0.307. The van der Waals surface area contributed by atoms with Gasteiger partial charge in [0.05, 0.1) is 28.0 Å². The molecule has 1 aromatic rings. The number of aliphatic carboxylic acids is 1. The first kappa shape index (κ1) is 19.1. The Balaban J connectivity index is 0.00000208. The number of sulfone groups is 1. The van der Waals surface area contributed by atoms with E-state index in [9.17, 15) is 23.1 Å². The molecule has 2 aliphatic heterocycles. The molecule has 0 unspecified atom stereocenters. The Morgan fingerprint density at radius 2 is 1.96 bits per heavy atom. The molecule has 2 saturated heterocycles. The van der Waals surface area contributed by atoms with Crippen molar-refractivity contribution in [3.8, 4) is 0 Å². The van der Waals surface area contributed by atoms with Gasteiger partial charge in [0.25, 0.3) is 5.91 Å². The molecular weight excluding hydrogens is 343 g/mol. The molecule has 24 heavy (non-hydrogen) atoms. The Morgan fingerprint density at radius 3 is 2.46 bits per heavy atom. The van der Waals surface area contributed by atoms with Gasteiger partial charge in [0.1, 0.15) is 0 Å². The zero-order chi connectivity index (χ0) is 17.2. The molecule has 0 saturated carbocycles.